The monoisotopic (exact) mass is 316 g/mol. The number of carboxylic acid groups (broad SMARTS) is 1. The fourth-order valence-corrected chi connectivity index (χ4v) is 4.93. The molecular formula is C14H17ClO4S. The number of hydrogen-bond acceptors (Lipinski definition) is 3. The van der Waals surface area contributed by atoms with Gasteiger partial charge < -0.3 is 5.11 Å². The summed E-state index contributed by atoms with van der Waals surface area (Å²) in [5.41, 5.74) is 0.992. The van der Waals surface area contributed by atoms with Crippen molar-refractivity contribution >= 4 is 27.4 Å². The van der Waals surface area contributed by atoms with Crippen molar-refractivity contribution in [2.75, 3.05) is 5.75 Å². The summed E-state index contributed by atoms with van der Waals surface area (Å²) in [4.78, 5) is 10.8. The molecule has 0 atom stereocenters. The van der Waals surface area contributed by atoms with Crippen molar-refractivity contribution in [3.05, 3.63) is 34.3 Å². The second-order valence-electron chi connectivity index (χ2n) is 5.70. The van der Waals surface area contributed by atoms with E-state index in [-0.39, 0.29) is 17.9 Å². The largest absolute Gasteiger partial charge is 0.481 e. The maximum Gasteiger partial charge on any atom is 0.303 e. The molecular weight excluding hydrogens is 300 g/mol. The summed E-state index contributed by atoms with van der Waals surface area (Å²) in [7, 11) is -3.36. The molecule has 1 N–H and O–H groups in total. The van der Waals surface area contributed by atoms with E-state index in [9.17, 15) is 13.2 Å². The second kappa shape index (κ2) is 5.37. The number of rotatable bonds is 6. The second-order valence-corrected chi connectivity index (χ2v) is 8.17. The van der Waals surface area contributed by atoms with Crippen LogP contribution in [-0.2, 0) is 20.4 Å². The van der Waals surface area contributed by atoms with Crippen LogP contribution in [-0.4, -0.2) is 25.2 Å². The third-order valence-electron chi connectivity index (χ3n) is 3.59. The highest BCUT2D eigenvalue weighted by molar-refractivity contribution is 7.90. The minimum atomic E-state index is -3.36. The van der Waals surface area contributed by atoms with Crippen LogP contribution in [0.15, 0.2) is 18.2 Å². The molecule has 110 valence electrons. The number of benzene rings is 1. The molecule has 4 nitrogen and oxygen atoms in total. The average Bonchev–Trinajstić information content (AvgIpc) is 2.99. The molecule has 0 spiro atoms. The lowest BCUT2D eigenvalue weighted by Gasteiger charge is -2.13. The first-order chi connectivity index (χ1) is 9.21. The van der Waals surface area contributed by atoms with E-state index < -0.39 is 21.2 Å². The summed E-state index contributed by atoms with van der Waals surface area (Å²) >= 11 is 6.05. The topological polar surface area (TPSA) is 71.4 Å². The lowest BCUT2D eigenvalue weighted by molar-refractivity contribution is -0.138. The van der Waals surface area contributed by atoms with Crippen molar-refractivity contribution < 1.29 is 18.3 Å². The highest BCUT2D eigenvalue weighted by atomic mass is 35.5. The molecule has 0 heterocycles. The predicted octanol–water partition coefficient (Wildman–Crippen LogP) is 2.82. The zero-order chi connectivity index (χ0) is 15.0. The van der Waals surface area contributed by atoms with Gasteiger partial charge in [-0.25, -0.2) is 8.42 Å². The maximum absolute atomic E-state index is 12.2. The van der Waals surface area contributed by atoms with E-state index >= 15 is 0 Å². The molecule has 1 fully saturated rings. The van der Waals surface area contributed by atoms with E-state index in [4.69, 9.17) is 16.7 Å². The van der Waals surface area contributed by atoms with E-state index in [1.807, 2.05) is 13.0 Å². The Morgan fingerprint density at radius 2 is 2.05 bits per heavy atom. The van der Waals surface area contributed by atoms with E-state index in [2.05, 4.69) is 0 Å². The number of aliphatic carboxylic acids is 1. The molecule has 20 heavy (non-hydrogen) atoms. The first-order valence-corrected chi connectivity index (χ1v) is 8.59. The van der Waals surface area contributed by atoms with E-state index in [0.29, 0.717) is 23.4 Å². The van der Waals surface area contributed by atoms with Gasteiger partial charge in [0.25, 0.3) is 0 Å². The molecule has 0 unspecified atom stereocenters. The Morgan fingerprint density at radius 1 is 1.40 bits per heavy atom. The van der Waals surface area contributed by atoms with Gasteiger partial charge in [0, 0.05) is 5.02 Å². The van der Waals surface area contributed by atoms with Gasteiger partial charge in [-0.05, 0) is 42.4 Å². The molecule has 0 radical (unpaired) electrons. The van der Waals surface area contributed by atoms with Gasteiger partial charge in [-0.3, -0.25) is 4.79 Å². The predicted molar refractivity (Wildman–Crippen MR) is 77.6 cm³/mol. The molecule has 0 bridgehead atoms. The van der Waals surface area contributed by atoms with Gasteiger partial charge in [0.05, 0.1) is 17.9 Å². The van der Waals surface area contributed by atoms with Crippen LogP contribution in [0.3, 0.4) is 0 Å². The quantitative estimate of drug-likeness (QED) is 0.876. The Hall–Kier alpha value is -1.07. The summed E-state index contributed by atoms with van der Waals surface area (Å²) in [6.45, 7) is 1.89. The average molecular weight is 317 g/mol. The first-order valence-electron chi connectivity index (χ1n) is 6.39. The minimum Gasteiger partial charge on any atom is -0.481 e. The summed E-state index contributed by atoms with van der Waals surface area (Å²) in [5, 5.41) is 9.28. The van der Waals surface area contributed by atoms with Crippen LogP contribution in [0.25, 0.3) is 0 Å². The third kappa shape index (κ3) is 3.96. The number of aryl methyl sites for hydroxylation is 1. The van der Waals surface area contributed by atoms with Gasteiger partial charge in [0.2, 0.25) is 0 Å². The van der Waals surface area contributed by atoms with E-state index in [0.717, 1.165) is 5.56 Å². The van der Waals surface area contributed by atoms with Crippen LogP contribution in [0.4, 0.5) is 0 Å². The van der Waals surface area contributed by atoms with Crippen molar-refractivity contribution in [1.29, 1.82) is 0 Å². The van der Waals surface area contributed by atoms with Gasteiger partial charge >= 0.3 is 5.97 Å². The van der Waals surface area contributed by atoms with Crippen molar-refractivity contribution in [2.45, 2.75) is 31.9 Å². The van der Waals surface area contributed by atoms with Gasteiger partial charge in [0.15, 0.2) is 9.84 Å². The molecule has 0 amide bonds. The van der Waals surface area contributed by atoms with Crippen molar-refractivity contribution in [3.8, 4) is 0 Å². The molecule has 1 aromatic carbocycles. The smallest absolute Gasteiger partial charge is 0.303 e. The van der Waals surface area contributed by atoms with Crippen LogP contribution >= 0.6 is 11.6 Å². The van der Waals surface area contributed by atoms with E-state index in [1.165, 1.54) is 0 Å². The Morgan fingerprint density at radius 3 is 2.55 bits per heavy atom. The Balaban J connectivity index is 2.10. The Bertz CT molecular complexity index is 633. The van der Waals surface area contributed by atoms with Crippen LogP contribution < -0.4 is 0 Å². The Kier molecular flexibility index (Phi) is 4.12. The van der Waals surface area contributed by atoms with Crippen molar-refractivity contribution in [2.24, 2.45) is 5.41 Å². The zero-order valence-corrected chi connectivity index (χ0v) is 12.8. The van der Waals surface area contributed by atoms with Gasteiger partial charge in [-0.15, -0.1) is 0 Å². The summed E-state index contributed by atoms with van der Waals surface area (Å²) in [6, 6.07) is 5.27. The molecule has 0 aromatic heterocycles. The number of halogens is 1. The van der Waals surface area contributed by atoms with Crippen LogP contribution in [0.2, 0.25) is 5.02 Å². The molecule has 0 aliphatic heterocycles. The van der Waals surface area contributed by atoms with Gasteiger partial charge in [-0.2, -0.15) is 0 Å². The van der Waals surface area contributed by atoms with Crippen molar-refractivity contribution in [1.82, 2.24) is 0 Å². The number of hydrogen-bond donors (Lipinski definition) is 1. The highest BCUT2D eigenvalue weighted by Gasteiger charge is 2.47. The van der Waals surface area contributed by atoms with Gasteiger partial charge in [0.1, 0.15) is 0 Å². The van der Waals surface area contributed by atoms with E-state index in [1.54, 1.807) is 12.1 Å². The number of carboxylic acids is 1. The fourth-order valence-electron chi connectivity index (χ4n) is 2.39. The van der Waals surface area contributed by atoms with Gasteiger partial charge in [-0.1, -0.05) is 23.7 Å². The molecule has 0 saturated heterocycles. The summed E-state index contributed by atoms with van der Waals surface area (Å²) < 4.78 is 24.4. The molecule has 6 heteroatoms. The van der Waals surface area contributed by atoms with Crippen LogP contribution in [0, 0.1) is 12.3 Å². The number of sulfone groups is 1. The normalized spacial score (nSPS) is 16.9. The van der Waals surface area contributed by atoms with Crippen molar-refractivity contribution in [3.63, 3.8) is 0 Å². The molecule has 2 rings (SSSR count). The molecule has 1 aliphatic rings. The Labute approximate surface area is 123 Å². The molecule has 1 aliphatic carbocycles. The minimum absolute atomic E-state index is 0.0729. The third-order valence-corrected chi connectivity index (χ3v) is 5.75. The first kappa shape index (κ1) is 15.3. The standard InChI is InChI=1S/C14H17ClO4S/c1-10-2-3-11(12(15)6-10)8-20(18,19)9-14(4-5-14)7-13(16)17/h2-3,6H,4-5,7-9H2,1H3,(H,16,17). The zero-order valence-electron chi connectivity index (χ0n) is 11.2. The van der Waals surface area contributed by atoms with Crippen LogP contribution in [0.1, 0.15) is 30.4 Å². The molecule has 1 saturated carbocycles. The number of carbonyl (C=O) groups is 1. The lowest BCUT2D eigenvalue weighted by atomic mass is 10.1. The van der Waals surface area contributed by atoms with Crippen LogP contribution in [0.5, 0.6) is 0 Å². The summed E-state index contributed by atoms with van der Waals surface area (Å²) in [5.74, 6) is -1.14. The highest BCUT2D eigenvalue weighted by Crippen LogP contribution is 2.50. The summed E-state index contributed by atoms with van der Waals surface area (Å²) in [6.07, 6.45) is 1.26. The fraction of sp³-hybridized carbons (Fsp3) is 0.500. The SMILES string of the molecule is Cc1ccc(CS(=O)(=O)CC2(CC(=O)O)CC2)c(Cl)c1. The molecule has 1 aromatic rings. The maximum atomic E-state index is 12.2. The lowest BCUT2D eigenvalue weighted by Crippen LogP contribution is -2.21.